The van der Waals surface area contributed by atoms with Crippen LogP contribution in [0.4, 0.5) is 11.4 Å². The molecule has 0 aliphatic heterocycles. The highest BCUT2D eigenvalue weighted by molar-refractivity contribution is 5.88. The fourth-order valence-electron chi connectivity index (χ4n) is 2.05. The minimum Gasteiger partial charge on any atom is -0.496 e. The van der Waals surface area contributed by atoms with Crippen molar-refractivity contribution in [3.8, 4) is 17.2 Å². The second-order valence-corrected chi connectivity index (χ2v) is 4.59. The Hall–Kier alpha value is -3.29. The van der Waals surface area contributed by atoms with Crippen molar-refractivity contribution in [1.29, 1.82) is 0 Å². The minimum absolute atomic E-state index is 0.0664. The highest BCUT2D eigenvalue weighted by atomic mass is 16.6. The number of anilines is 1. The Morgan fingerprint density at radius 3 is 2.25 bits per heavy atom. The standard InChI is InChI=1S/C16H17N3O5/c1-22-11-8-15(23-2)12(16(9-11)24-3)10-17-18-13-6-4-5-7-14(13)19(20)21/h4-10,18H,1-3H3/b17-10-. The van der Waals surface area contributed by atoms with Gasteiger partial charge in [0.05, 0.1) is 38.0 Å². The average molecular weight is 331 g/mol. The highest BCUT2D eigenvalue weighted by Gasteiger charge is 2.13. The molecule has 126 valence electrons. The molecule has 0 radical (unpaired) electrons. The lowest BCUT2D eigenvalue weighted by atomic mass is 10.2. The second-order valence-electron chi connectivity index (χ2n) is 4.59. The Bertz CT molecular complexity index is 736. The number of methoxy groups -OCH3 is 3. The van der Waals surface area contributed by atoms with Crippen molar-refractivity contribution in [2.75, 3.05) is 26.8 Å². The van der Waals surface area contributed by atoms with Gasteiger partial charge in [-0.05, 0) is 6.07 Å². The van der Waals surface area contributed by atoms with Gasteiger partial charge in [0.2, 0.25) is 0 Å². The SMILES string of the molecule is COc1cc(OC)c(/C=N\Nc2ccccc2[N+](=O)[O-])c(OC)c1. The lowest BCUT2D eigenvalue weighted by Crippen LogP contribution is -2.00. The topological polar surface area (TPSA) is 95.2 Å². The van der Waals surface area contributed by atoms with Gasteiger partial charge in [-0.25, -0.2) is 0 Å². The fourth-order valence-corrected chi connectivity index (χ4v) is 2.05. The van der Waals surface area contributed by atoms with Crippen molar-refractivity contribution >= 4 is 17.6 Å². The molecular weight excluding hydrogens is 314 g/mol. The molecule has 0 bridgehead atoms. The number of rotatable bonds is 7. The van der Waals surface area contributed by atoms with Crippen LogP contribution in [0.2, 0.25) is 0 Å². The van der Waals surface area contributed by atoms with Crippen LogP contribution in [0, 0.1) is 10.1 Å². The number of nitrogens with one attached hydrogen (secondary N) is 1. The summed E-state index contributed by atoms with van der Waals surface area (Å²) in [6, 6.07) is 9.61. The summed E-state index contributed by atoms with van der Waals surface area (Å²) < 4.78 is 15.8. The van der Waals surface area contributed by atoms with Crippen LogP contribution in [0.3, 0.4) is 0 Å². The molecule has 2 rings (SSSR count). The summed E-state index contributed by atoms with van der Waals surface area (Å²) in [7, 11) is 4.57. The van der Waals surface area contributed by atoms with Gasteiger partial charge in [-0.15, -0.1) is 0 Å². The van der Waals surface area contributed by atoms with Gasteiger partial charge >= 0.3 is 0 Å². The van der Waals surface area contributed by atoms with E-state index in [1.54, 1.807) is 30.3 Å². The summed E-state index contributed by atoms with van der Waals surface area (Å²) in [5.74, 6) is 1.58. The van der Waals surface area contributed by atoms with E-state index in [-0.39, 0.29) is 11.4 Å². The monoisotopic (exact) mass is 331 g/mol. The first kappa shape index (κ1) is 17.1. The molecular formula is C16H17N3O5. The zero-order valence-corrected chi connectivity index (χ0v) is 13.5. The summed E-state index contributed by atoms with van der Waals surface area (Å²) in [6.07, 6.45) is 1.47. The molecule has 1 N–H and O–H groups in total. The average Bonchev–Trinajstić information content (AvgIpc) is 2.61. The van der Waals surface area contributed by atoms with E-state index < -0.39 is 4.92 Å². The molecule has 8 heteroatoms. The van der Waals surface area contributed by atoms with E-state index in [1.165, 1.54) is 33.6 Å². The maximum Gasteiger partial charge on any atom is 0.294 e. The van der Waals surface area contributed by atoms with Crippen LogP contribution >= 0.6 is 0 Å². The molecule has 0 aromatic heterocycles. The second kappa shape index (κ2) is 7.82. The van der Waals surface area contributed by atoms with E-state index in [0.29, 0.717) is 22.8 Å². The lowest BCUT2D eigenvalue weighted by Gasteiger charge is -2.12. The molecule has 2 aromatic rings. The van der Waals surface area contributed by atoms with Gasteiger partial charge in [0.25, 0.3) is 5.69 Å². The molecule has 0 aliphatic carbocycles. The molecule has 0 spiro atoms. The number of ether oxygens (including phenoxy) is 3. The van der Waals surface area contributed by atoms with Gasteiger partial charge in [-0.3, -0.25) is 15.5 Å². The predicted molar refractivity (Wildman–Crippen MR) is 90.4 cm³/mol. The summed E-state index contributed by atoms with van der Waals surface area (Å²) in [4.78, 5) is 10.5. The van der Waals surface area contributed by atoms with Crippen molar-refractivity contribution in [1.82, 2.24) is 0 Å². The smallest absolute Gasteiger partial charge is 0.294 e. The predicted octanol–water partition coefficient (Wildman–Crippen LogP) is 3.07. The summed E-state index contributed by atoms with van der Waals surface area (Å²) in [5.41, 5.74) is 3.45. The zero-order chi connectivity index (χ0) is 17.5. The van der Waals surface area contributed by atoms with Crippen LogP contribution in [0.25, 0.3) is 0 Å². The number of nitrogens with zero attached hydrogens (tertiary/aromatic N) is 2. The Balaban J connectivity index is 2.31. The van der Waals surface area contributed by atoms with Crippen molar-refractivity contribution in [2.24, 2.45) is 5.10 Å². The maximum atomic E-state index is 11.0. The van der Waals surface area contributed by atoms with Crippen molar-refractivity contribution in [3.05, 3.63) is 52.1 Å². The van der Waals surface area contributed by atoms with Gasteiger partial charge in [0.15, 0.2) is 0 Å². The van der Waals surface area contributed by atoms with Crippen LogP contribution in [-0.2, 0) is 0 Å². The van der Waals surface area contributed by atoms with E-state index in [0.717, 1.165) is 0 Å². The first-order valence-electron chi connectivity index (χ1n) is 6.93. The molecule has 24 heavy (non-hydrogen) atoms. The van der Waals surface area contributed by atoms with E-state index in [4.69, 9.17) is 14.2 Å². The van der Waals surface area contributed by atoms with Crippen molar-refractivity contribution in [2.45, 2.75) is 0 Å². The largest absolute Gasteiger partial charge is 0.496 e. The molecule has 0 aliphatic rings. The Morgan fingerprint density at radius 2 is 1.71 bits per heavy atom. The van der Waals surface area contributed by atoms with Crippen LogP contribution < -0.4 is 19.6 Å². The molecule has 0 amide bonds. The van der Waals surface area contributed by atoms with Gasteiger partial charge in [0, 0.05) is 18.2 Å². The Kier molecular flexibility index (Phi) is 5.56. The molecule has 0 unspecified atom stereocenters. The normalized spacial score (nSPS) is 10.5. The molecule has 8 nitrogen and oxygen atoms in total. The number of nitro benzene ring substituents is 1. The van der Waals surface area contributed by atoms with Crippen LogP contribution in [0.1, 0.15) is 5.56 Å². The minimum atomic E-state index is -0.480. The first-order chi connectivity index (χ1) is 11.6. The molecule has 2 aromatic carbocycles. The maximum absolute atomic E-state index is 11.0. The number of hydrazone groups is 1. The number of nitro groups is 1. The Labute approximate surface area is 138 Å². The van der Waals surface area contributed by atoms with Crippen LogP contribution in [0.15, 0.2) is 41.5 Å². The summed E-state index contributed by atoms with van der Waals surface area (Å²) in [5, 5.41) is 15.0. The third-order valence-electron chi connectivity index (χ3n) is 3.23. The summed E-state index contributed by atoms with van der Waals surface area (Å²) in [6.45, 7) is 0. The van der Waals surface area contributed by atoms with Crippen molar-refractivity contribution in [3.63, 3.8) is 0 Å². The van der Waals surface area contributed by atoms with Gasteiger partial charge in [0.1, 0.15) is 22.9 Å². The molecule has 0 fully saturated rings. The molecule has 0 saturated carbocycles. The number of hydrogen-bond acceptors (Lipinski definition) is 7. The third kappa shape index (κ3) is 3.72. The van der Waals surface area contributed by atoms with E-state index >= 15 is 0 Å². The van der Waals surface area contributed by atoms with Crippen LogP contribution in [0.5, 0.6) is 17.2 Å². The quantitative estimate of drug-likeness (QED) is 0.476. The zero-order valence-electron chi connectivity index (χ0n) is 13.5. The van der Waals surface area contributed by atoms with Gasteiger partial charge in [-0.2, -0.15) is 5.10 Å². The fraction of sp³-hybridized carbons (Fsp3) is 0.188. The van der Waals surface area contributed by atoms with Crippen LogP contribution in [-0.4, -0.2) is 32.5 Å². The molecule has 0 heterocycles. The molecule has 0 atom stereocenters. The first-order valence-corrected chi connectivity index (χ1v) is 6.93. The van der Waals surface area contributed by atoms with E-state index in [1.807, 2.05) is 0 Å². The van der Waals surface area contributed by atoms with E-state index in [2.05, 4.69) is 10.5 Å². The van der Waals surface area contributed by atoms with Gasteiger partial charge < -0.3 is 14.2 Å². The lowest BCUT2D eigenvalue weighted by molar-refractivity contribution is -0.384. The molecule has 0 saturated heterocycles. The Morgan fingerprint density at radius 1 is 1.08 bits per heavy atom. The number of benzene rings is 2. The van der Waals surface area contributed by atoms with Gasteiger partial charge in [-0.1, -0.05) is 12.1 Å². The number of hydrogen-bond donors (Lipinski definition) is 1. The van der Waals surface area contributed by atoms with E-state index in [9.17, 15) is 10.1 Å². The number of para-hydroxylation sites is 2. The summed E-state index contributed by atoms with van der Waals surface area (Å²) >= 11 is 0. The van der Waals surface area contributed by atoms with Crippen molar-refractivity contribution < 1.29 is 19.1 Å². The highest BCUT2D eigenvalue weighted by Crippen LogP contribution is 2.32. The third-order valence-corrected chi connectivity index (χ3v) is 3.23.